The van der Waals surface area contributed by atoms with Crippen molar-refractivity contribution in [1.29, 1.82) is 0 Å². The Labute approximate surface area is 146 Å². The Morgan fingerprint density at radius 3 is 2.50 bits per heavy atom. The van der Waals surface area contributed by atoms with Crippen LogP contribution in [0.2, 0.25) is 5.02 Å². The van der Waals surface area contributed by atoms with E-state index in [0.717, 1.165) is 27.9 Å². The highest BCUT2D eigenvalue weighted by Gasteiger charge is 2.26. The van der Waals surface area contributed by atoms with Gasteiger partial charge in [0.15, 0.2) is 0 Å². The van der Waals surface area contributed by atoms with E-state index in [-0.39, 0.29) is 11.8 Å². The van der Waals surface area contributed by atoms with Crippen LogP contribution >= 0.6 is 11.6 Å². The molecule has 1 N–H and O–H groups in total. The molecular formula is C21H16ClNO. The van der Waals surface area contributed by atoms with Crippen LogP contribution in [0.15, 0.2) is 72.8 Å². The maximum absolute atomic E-state index is 12.2. The number of hydrogen-bond acceptors (Lipinski definition) is 1. The molecule has 1 aliphatic rings. The largest absolute Gasteiger partial charge is 0.326 e. The topological polar surface area (TPSA) is 29.1 Å². The number of hydrogen-bond donors (Lipinski definition) is 1. The number of fused-ring (bicyclic) bond motifs is 1. The lowest BCUT2D eigenvalue weighted by Crippen LogP contribution is -2.23. The summed E-state index contributed by atoms with van der Waals surface area (Å²) in [7, 11) is 0. The molecule has 3 aromatic carbocycles. The summed E-state index contributed by atoms with van der Waals surface area (Å²) in [5, 5.41) is 3.71. The summed E-state index contributed by atoms with van der Waals surface area (Å²) in [5.74, 6) is 0.0787. The van der Waals surface area contributed by atoms with Crippen LogP contribution in [0.4, 0.5) is 5.69 Å². The smallest absolute Gasteiger partial charge is 0.225 e. The number of nitrogens with one attached hydrogen (secondary N) is 1. The maximum atomic E-state index is 12.2. The van der Waals surface area contributed by atoms with Crippen LogP contribution in [0, 0.1) is 0 Å². The molecular weight excluding hydrogens is 318 g/mol. The van der Waals surface area contributed by atoms with E-state index in [1.807, 2.05) is 42.5 Å². The molecule has 1 amide bonds. The van der Waals surface area contributed by atoms with Gasteiger partial charge in [-0.15, -0.1) is 0 Å². The SMILES string of the molecule is O=C1CC(c2cccc(Cl)c2)c2ccc(-c3ccccc3)cc2N1. The Morgan fingerprint density at radius 1 is 0.875 bits per heavy atom. The van der Waals surface area contributed by atoms with Crippen LogP contribution in [0.5, 0.6) is 0 Å². The van der Waals surface area contributed by atoms with Crippen molar-refractivity contribution in [2.45, 2.75) is 12.3 Å². The third kappa shape index (κ3) is 2.81. The van der Waals surface area contributed by atoms with Gasteiger partial charge in [-0.25, -0.2) is 0 Å². The van der Waals surface area contributed by atoms with E-state index >= 15 is 0 Å². The van der Waals surface area contributed by atoms with E-state index in [4.69, 9.17) is 11.6 Å². The van der Waals surface area contributed by atoms with Crippen LogP contribution in [0.1, 0.15) is 23.5 Å². The van der Waals surface area contributed by atoms with Gasteiger partial charge in [0.25, 0.3) is 0 Å². The molecule has 0 saturated carbocycles. The zero-order valence-electron chi connectivity index (χ0n) is 13.0. The van der Waals surface area contributed by atoms with Gasteiger partial charge in [0.1, 0.15) is 0 Å². The monoisotopic (exact) mass is 333 g/mol. The molecule has 1 aliphatic heterocycles. The second-order valence-electron chi connectivity index (χ2n) is 6.03. The minimum atomic E-state index is 0.0391. The first kappa shape index (κ1) is 15.0. The van der Waals surface area contributed by atoms with Gasteiger partial charge in [-0.1, -0.05) is 66.2 Å². The molecule has 4 rings (SSSR count). The van der Waals surface area contributed by atoms with Crippen LogP contribution in [0.25, 0.3) is 11.1 Å². The van der Waals surface area contributed by atoms with Crippen molar-refractivity contribution in [3.63, 3.8) is 0 Å². The quantitative estimate of drug-likeness (QED) is 0.661. The highest BCUT2D eigenvalue weighted by atomic mass is 35.5. The molecule has 1 atom stereocenters. The molecule has 0 saturated heterocycles. The molecule has 1 heterocycles. The first-order valence-corrected chi connectivity index (χ1v) is 8.33. The van der Waals surface area contributed by atoms with E-state index in [9.17, 15) is 4.79 Å². The molecule has 0 radical (unpaired) electrons. The molecule has 1 unspecified atom stereocenters. The summed E-state index contributed by atoms with van der Waals surface area (Å²) in [5.41, 5.74) is 5.33. The van der Waals surface area contributed by atoms with E-state index < -0.39 is 0 Å². The summed E-state index contributed by atoms with van der Waals surface area (Å²) in [6, 6.07) is 24.2. The average molecular weight is 334 g/mol. The van der Waals surface area contributed by atoms with Crippen molar-refractivity contribution in [3.8, 4) is 11.1 Å². The van der Waals surface area contributed by atoms with Crippen molar-refractivity contribution in [2.24, 2.45) is 0 Å². The number of anilines is 1. The number of carbonyl (C=O) groups excluding carboxylic acids is 1. The van der Waals surface area contributed by atoms with E-state index in [0.29, 0.717) is 11.4 Å². The Morgan fingerprint density at radius 2 is 1.71 bits per heavy atom. The molecule has 0 aromatic heterocycles. The average Bonchev–Trinajstić information content (AvgIpc) is 2.61. The fourth-order valence-corrected chi connectivity index (χ4v) is 3.49. The van der Waals surface area contributed by atoms with Gasteiger partial charge in [-0.2, -0.15) is 0 Å². The number of amides is 1. The zero-order chi connectivity index (χ0) is 16.5. The second kappa shape index (κ2) is 6.14. The van der Waals surface area contributed by atoms with Crippen molar-refractivity contribution in [1.82, 2.24) is 0 Å². The Hall–Kier alpha value is -2.58. The fourth-order valence-electron chi connectivity index (χ4n) is 3.30. The number of benzene rings is 3. The van der Waals surface area contributed by atoms with Crippen molar-refractivity contribution in [3.05, 3.63) is 88.9 Å². The van der Waals surface area contributed by atoms with E-state index in [2.05, 4.69) is 35.6 Å². The minimum Gasteiger partial charge on any atom is -0.326 e. The predicted octanol–water partition coefficient (Wildman–Crippen LogP) is 5.48. The maximum Gasteiger partial charge on any atom is 0.225 e. The summed E-state index contributed by atoms with van der Waals surface area (Å²) < 4.78 is 0. The van der Waals surface area contributed by atoms with Gasteiger partial charge in [0.2, 0.25) is 5.91 Å². The molecule has 118 valence electrons. The molecule has 0 aliphatic carbocycles. The standard InChI is InChI=1S/C21H16ClNO/c22-17-8-4-7-16(11-17)19-13-21(24)23-20-12-15(9-10-18(19)20)14-5-2-1-3-6-14/h1-12,19H,13H2,(H,23,24). The first-order valence-electron chi connectivity index (χ1n) is 7.95. The number of carbonyl (C=O) groups is 1. The van der Waals surface area contributed by atoms with Gasteiger partial charge < -0.3 is 5.32 Å². The third-order valence-corrected chi connectivity index (χ3v) is 4.69. The highest BCUT2D eigenvalue weighted by Crippen LogP contribution is 2.39. The van der Waals surface area contributed by atoms with Crippen LogP contribution in [0.3, 0.4) is 0 Å². The van der Waals surface area contributed by atoms with Gasteiger partial charge in [-0.05, 0) is 40.5 Å². The van der Waals surface area contributed by atoms with Crippen LogP contribution in [-0.4, -0.2) is 5.91 Å². The van der Waals surface area contributed by atoms with Crippen LogP contribution in [-0.2, 0) is 4.79 Å². The van der Waals surface area contributed by atoms with E-state index in [1.165, 1.54) is 0 Å². The number of halogens is 1. The third-order valence-electron chi connectivity index (χ3n) is 4.45. The van der Waals surface area contributed by atoms with Crippen molar-refractivity contribution in [2.75, 3.05) is 5.32 Å². The predicted molar refractivity (Wildman–Crippen MR) is 98.4 cm³/mol. The molecule has 3 heteroatoms. The highest BCUT2D eigenvalue weighted by molar-refractivity contribution is 6.30. The Balaban J connectivity index is 1.79. The second-order valence-corrected chi connectivity index (χ2v) is 6.46. The van der Waals surface area contributed by atoms with Gasteiger partial charge in [-0.3, -0.25) is 4.79 Å². The molecule has 2 nitrogen and oxygen atoms in total. The molecule has 3 aromatic rings. The Bertz CT molecular complexity index is 905. The van der Waals surface area contributed by atoms with Crippen molar-refractivity contribution < 1.29 is 4.79 Å². The van der Waals surface area contributed by atoms with Crippen LogP contribution < -0.4 is 5.32 Å². The van der Waals surface area contributed by atoms with Gasteiger partial charge >= 0.3 is 0 Å². The summed E-state index contributed by atoms with van der Waals surface area (Å²) in [6.07, 6.45) is 0.442. The zero-order valence-corrected chi connectivity index (χ0v) is 13.8. The van der Waals surface area contributed by atoms with Crippen molar-refractivity contribution >= 4 is 23.2 Å². The molecule has 0 fully saturated rings. The molecule has 0 spiro atoms. The minimum absolute atomic E-state index is 0.0391. The Kier molecular flexibility index (Phi) is 3.83. The fraction of sp³-hybridized carbons (Fsp3) is 0.0952. The summed E-state index contributed by atoms with van der Waals surface area (Å²) in [4.78, 5) is 12.2. The van der Waals surface area contributed by atoms with E-state index in [1.54, 1.807) is 0 Å². The lowest BCUT2D eigenvalue weighted by atomic mass is 9.84. The molecule has 24 heavy (non-hydrogen) atoms. The number of rotatable bonds is 2. The first-order chi connectivity index (χ1) is 11.7. The summed E-state index contributed by atoms with van der Waals surface area (Å²) in [6.45, 7) is 0. The molecule has 0 bridgehead atoms. The summed E-state index contributed by atoms with van der Waals surface area (Å²) >= 11 is 6.13. The lowest BCUT2D eigenvalue weighted by molar-refractivity contribution is -0.116. The van der Waals surface area contributed by atoms with Gasteiger partial charge in [0, 0.05) is 23.0 Å². The van der Waals surface area contributed by atoms with Gasteiger partial charge in [0.05, 0.1) is 0 Å². The lowest BCUT2D eigenvalue weighted by Gasteiger charge is -2.26. The normalized spacial score (nSPS) is 16.4.